The van der Waals surface area contributed by atoms with Crippen molar-refractivity contribution in [3.63, 3.8) is 0 Å². The first kappa shape index (κ1) is 15.0. The standard InChI is InChI=1S/C14H19N3O2/c1-11(8-12-4-3-7-16-10-12)9-17-13(14(18)19)5-2-6-15/h3-4,7-10,13H,2,5-6,15H2,1H3,(H,18,19)/b11-8+,17-9?. The number of pyridine rings is 1. The van der Waals surface area contributed by atoms with Crippen molar-refractivity contribution >= 4 is 18.3 Å². The maximum absolute atomic E-state index is 11.0. The van der Waals surface area contributed by atoms with Gasteiger partial charge in [0.25, 0.3) is 0 Å². The monoisotopic (exact) mass is 261 g/mol. The lowest BCUT2D eigenvalue weighted by atomic mass is 10.1. The number of aliphatic carboxylic acids is 1. The van der Waals surface area contributed by atoms with Crippen molar-refractivity contribution in [1.82, 2.24) is 4.98 Å². The number of nitrogens with zero attached hydrogens (tertiary/aromatic N) is 2. The van der Waals surface area contributed by atoms with E-state index in [4.69, 9.17) is 10.8 Å². The second-order valence-electron chi connectivity index (χ2n) is 4.24. The normalized spacial score (nSPS) is 13.7. The lowest BCUT2D eigenvalue weighted by Gasteiger charge is -2.05. The van der Waals surface area contributed by atoms with Crippen molar-refractivity contribution < 1.29 is 9.90 Å². The molecule has 0 bridgehead atoms. The largest absolute Gasteiger partial charge is 0.480 e. The molecule has 1 aromatic rings. The fraction of sp³-hybridized carbons (Fsp3) is 0.357. The summed E-state index contributed by atoms with van der Waals surface area (Å²) in [5.74, 6) is -0.918. The Morgan fingerprint density at radius 1 is 1.63 bits per heavy atom. The minimum absolute atomic E-state index is 0.461. The summed E-state index contributed by atoms with van der Waals surface area (Å²) in [7, 11) is 0. The summed E-state index contributed by atoms with van der Waals surface area (Å²) in [5, 5.41) is 9.02. The van der Waals surface area contributed by atoms with Gasteiger partial charge in [-0.2, -0.15) is 0 Å². The molecule has 3 N–H and O–H groups in total. The molecule has 102 valence electrons. The van der Waals surface area contributed by atoms with Crippen molar-refractivity contribution in [1.29, 1.82) is 0 Å². The first-order chi connectivity index (χ1) is 9.13. The highest BCUT2D eigenvalue weighted by Crippen LogP contribution is 2.05. The molecule has 1 aromatic heterocycles. The van der Waals surface area contributed by atoms with Crippen LogP contribution in [0.2, 0.25) is 0 Å². The number of allylic oxidation sites excluding steroid dienone is 1. The van der Waals surface area contributed by atoms with Gasteiger partial charge in [-0.15, -0.1) is 0 Å². The quantitative estimate of drug-likeness (QED) is 0.732. The Hall–Kier alpha value is -2.01. The maximum Gasteiger partial charge on any atom is 0.328 e. The first-order valence-corrected chi connectivity index (χ1v) is 6.18. The van der Waals surface area contributed by atoms with Gasteiger partial charge >= 0.3 is 5.97 Å². The number of rotatable bonds is 7. The van der Waals surface area contributed by atoms with Crippen molar-refractivity contribution in [2.75, 3.05) is 6.54 Å². The van der Waals surface area contributed by atoms with Gasteiger partial charge in [-0.3, -0.25) is 9.98 Å². The van der Waals surface area contributed by atoms with Crippen LogP contribution in [0.5, 0.6) is 0 Å². The molecule has 0 aliphatic rings. The molecule has 1 rings (SSSR count). The summed E-state index contributed by atoms with van der Waals surface area (Å²) in [6.07, 6.45) is 8.04. The lowest BCUT2D eigenvalue weighted by Crippen LogP contribution is -2.19. The van der Waals surface area contributed by atoms with Crippen molar-refractivity contribution in [3.05, 3.63) is 35.7 Å². The molecule has 0 amide bonds. The zero-order valence-corrected chi connectivity index (χ0v) is 11.0. The van der Waals surface area contributed by atoms with E-state index in [-0.39, 0.29) is 0 Å². The third-order valence-corrected chi connectivity index (χ3v) is 2.50. The second-order valence-corrected chi connectivity index (χ2v) is 4.24. The number of carboxylic acid groups (broad SMARTS) is 1. The van der Waals surface area contributed by atoms with E-state index in [0.29, 0.717) is 19.4 Å². The van der Waals surface area contributed by atoms with Gasteiger partial charge in [0.15, 0.2) is 0 Å². The van der Waals surface area contributed by atoms with E-state index in [1.807, 2.05) is 25.1 Å². The molecule has 0 saturated carbocycles. The van der Waals surface area contributed by atoms with Gasteiger partial charge in [-0.25, -0.2) is 4.79 Å². The van der Waals surface area contributed by atoms with Crippen LogP contribution < -0.4 is 5.73 Å². The van der Waals surface area contributed by atoms with E-state index in [2.05, 4.69) is 9.98 Å². The number of aromatic nitrogens is 1. The van der Waals surface area contributed by atoms with Crippen LogP contribution in [0.1, 0.15) is 25.3 Å². The van der Waals surface area contributed by atoms with Crippen LogP contribution in [-0.4, -0.2) is 34.9 Å². The van der Waals surface area contributed by atoms with Gasteiger partial charge in [0.1, 0.15) is 6.04 Å². The van der Waals surface area contributed by atoms with Crippen LogP contribution in [0, 0.1) is 0 Å². The van der Waals surface area contributed by atoms with E-state index in [1.165, 1.54) is 0 Å². The Morgan fingerprint density at radius 3 is 3.00 bits per heavy atom. The smallest absolute Gasteiger partial charge is 0.328 e. The molecule has 0 saturated heterocycles. The third-order valence-electron chi connectivity index (χ3n) is 2.50. The molecule has 0 fully saturated rings. The number of hydrogen-bond acceptors (Lipinski definition) is 4. The number of hydrogen-bond donors (Lipinski definition) is 2. The Morgan fingerprint density at radius 2 is 2.42 bits per heavy atom. The van der Waals surface area contributed by atoms with E-state index in [1.54, 1.807) is 18.6 Å². The molecule has 1 atom stereocenters. The van der Waals surface area contributed by atoms with Crippen LogP contribution in [0.4, 0.5) is 0 Å². The molecule has 1 unspecified atom stereocenters. The molecule has 0 spiro atoms. The molecule has 1 heterocycles. The van der Waals surface area contributed by atoms with Gasteiger partial charge in [0.2, 0.25) is 0 Å². The summed E-state index contributed by atoms with van der Waals surface area (Å²) in [6, 6.07) is 3.05. The zero-order valence-electron chi connectivity index (χ0n) is 11.0. The summed E-state index contributed by atoms with van der Waals surface area (Å²) in [4.78, 5) is 19.1. The summed E-state index contributed by atoms with van der Waals surface area (Å²) in [6.45, 7) is 2.35. The highest BCUT2D eigenvalue weighted by molar-refractivity contribution is 5.86. The second kappa shape index (κ2) is 8.16. The maximum atomic E-state index is 11.0. The van der Waals surface area contributed by atoms with Crippen LogP contribution >= 0.6 is 0 Å². The molecular formula is C14H19N3O2. The minimum atomic E-state index is -0.918. The summed E-state index contributed by atoms with van der Waals surface area (Å²) in [5.41, 5.74) is 7.21. The fourth-order valence-corrected chi connectivity index (χ4v) is 1.54. The first-order valence-electron chi connectivity index (χ1n) is 6.18. The van der Waals surface area contributed by atoms with E-state index >= 15 is 0 Å². The highest BCUT2D eigenvalue weighted by atomic mass is 16.4. The molecule has 0 radical (unpaired) electrons. The van der Waals surface area contributed by atoms with Crippen LogP contribution in [0.25, 0.3) is 6.08 Å². The molecule has 5 nitrogen and oxygen atoms in total. The number of carboxylic acids is 1. The van der Waals surface area contributed by atoms with E-state index in [9.17, 15) is 4.79 Å². The van der Waals surface area contributed by atoms with Crippen LogP contribution in [-0.2, 0) is 4.79 Å². The number of nitrogens with two attached hydrogens (primary N) is 1. The highest BCUT2D eigenvalue weighted by Gasteiger charge is 2.13. The number of aliphatic imine (C=N–C) groups is 1. The summed E-state index contributed by atoms with van der Waals surface area (Å²) >= 11 is 0. The topological polar surface area (TPSA) is 88.6 Å². The SMILES string of the molecule is C/C(C=NC(CCCN)C(=O)O)=C\c1cccnc1. The molecular weight excluding hydrogens is 242 g/mol. The van der Waals surface area contributed by atoms with Crippen molar-refractivity contribution in [2.24, 2.45) is 10.7 Å². The molecule has 0 aliphatic heterocycles. The summed E-state index contributed by atoms with van der Waals surface area (Å²) < 4.78 is 0. The Bertz CT molecular complexity index is 455. The van der Waals surface area contributed by atoms with Crippen LogP contribution in [0.3, 0.4) is 0 Å². The predicted molar refractivity (Wildman–Crippen MR) is 76.1 cm³/mol. The number of carbonyl (C=O) groups is 1. The van der Waals surface area contributed by atoms with Gasteiger partial charge in [0.05, 0.1) is 0 Å². The Kier molecular flexibility index (Phi) is 6.46. The van der Waals surface area contributed by atoms with E-state index < -0.39 is 12.0 Å². The van der Waals surface area contributed by atoms with Gasteiger partial charge < -0.3 is 10.8 Å². The van der Waals surface area contributed by atoms with Gasteiger partial charge in [-0.1, -0.05) is 6.07 Å². The van der Waals surface area contributed by atoms with Gasteiger partial charge in [0, 0.05) is 18.6 Å². The molecule has 5 heteroatoms. The Balaban J connectivity index is 2.67. The molecule has 0 aliphatic carbocycles. The van der Waals surface area contributed by atoms with Crippen molar-refractivity contribution in [3.8, 4) is 0 Å². The molecule has 19 heavy (non-hydrogen) atoms. The average Bonchev–Trinajstić information content (AvgIpc) is 2.39. The molecule has 0 aromatic carbocycles. The van der Waals surface area contributed by atoms with E-state index in [0.717, 1.165) is 11.1 Å². The zero-order chi connectivity index (χ0) is 14.1. The fourth-order valence-electron chi connectivity index (χ4n) is 1.54. The van der Waals surface area contributed by atoms with Gasteiger partial charge in [-0.05, 0) is 49.6 Å². The Labute approximate surface area is 112 Å². The predicted octanol–water partition coefficient (Wildman–Crippen LogP) is 1.75. The van der Waals surface area contributed by atoms with Crippen molar-refractivity contribution in [2.45, 2.75) is 25.8 Å². The average molecular weight is 261 g/mol. The minimum Gasteiger partial charge on any atom is -0.480 e. The third kappa shape index (κ3) is 5.92. The lowest BCUT2D eigenvalue weighted by molar-refractivity contribution is -0.138. The van der Waals surface area contributed by atoms with Crippen LogP contribution in [0.15, 0.2) is 35.1 Å².